The molecule has 2 saturated heterocycles. The van der Waals surface area contributed by atoms with Crippen molar-refractivity contribution in [3.8, 4) is 0 Å². The molecule has 2 heterocycles. The monoisotopic (exact) mass is 387 g/mol. The van der Waals surface area contributed by atoms with Crippen LogP contribution < -0.4 is 5.32 Å². The molecule has 0 saturated carbocycles. The predicted molar refractivity (Wildman–Crippen MR) is 102 cm³/mol. The molecule has 3 atom stereocenters. The molecule has 150 valence electrons. The fraction of sp³-hybridized carbons (Fsp3) is 0.895. The van der Waals surface area contributed by atoms with E-state index in [0.717, 1.165) is 24.6 Å². The van der Waals surface area contributed by atoms with Crippen molar-refractivity contribution in [1.29, 1.82) is 0 Å². The standard InChI is InChI=1S/C19H33NO5S/c1-2-3-4-5-6-7-8-9-10-17(21)25-15-11-12-24-19(23,13-15)16-14-26-18(22)20-16/h15-16,23H,2-14H2,1H3,(H,20,22). The molecule has 2 N–H and O–H groups in total. The Morgan fingerprint density at radius 1 is 1.27 bits per heavy atom. The summed E-state index contributed by atoms with van der Waals surface area (Å²) >= 11 is 1.14. The van der Waals surface area contributed by atoms with E-state index in [1.807, 2.05) is 0 Å². The maximum atomic E-state index is 12.1. The number of nitrogens with one attached hydrogen (secondary N) is 1. The van der Waals surface area contributed by atoms with Crippen molar-refractivity contribution < 1.29 is 24.2 Å². The van der Waals surface area contributed by atoms with Gasteiger partial charge in [-0.05, 0) is 6.42 Å². The molecule has 2 rings (SSSR count). The van der Waals surface area contributed by atoms with Gasteiger partial charge in [-0.3, -0.25) is 9.59 Å². The van der Waals surface area contributed by atoms with E-state index in [1.54, 1.807) is 0 Å². The van der Waals surface area contributed by atoms with E-state index >= 15 is 0 Å². The number of aliphatic hydroxyl groups is 1. The minimum absolute atomic E-state index is 0.152. The fourth-order valence-corrected chi connectivity index (χ4v) is 4.36. The van der Waals surface area contributed by atoms with E-state index in [0.29, 0.717) is 25.2 Å². The van der Waals surface area contributed by atoms with Crippen molar-refractivity contribution in [3.63, 3.8) is 0 Å². The van der Waals surface area contributed by atoms with Gasteiger partial charge in [-0.1, -0.05) is 63.6 Å². The summed E-state index contributed by atoms with van der Waals surface area (Å²) in [5.74, 6) is -1.18. The van der Waals surface area contributed by atoms with Gasteiger partial charge in [0, 0.05) is 25.0 Å². The molecule has 0 bridgehead atoms. The molecular formula is C19H33NO5S. The summed E-state index contributed by atoms with van der Waals surface area (Å²) in [6.07, 6.45) is 10.4. The van der Waals surface area contributed by atoms with Crippen molar-refractivity contribution >= 4 is 23.0 Å². The predicted octanol–water partition coefficient (Wildman–Crippen LogP) is 3.75. The number of hydrogen-bond acceptors (Lipinski definition) is 6. The summed E-state index contributed by atoms with van der Waals surface area (Å²) in [6, 6.07) is -0.450. The molecule has 2 aliphatic heterocycles. The lowest BCUT2D eigenvalue weighted by Gasteiger charge is -2.39. The smallest absolute Gasteiger partial charge is 0.306 e. The minimum Gasteiger partial charge on any atom is -0.462 e. The zero-order chi connectivity index (χ0) is 18.8. The number of esters is 1. The van der Waals surface area contributed by atoms with Gasteiger partial charge in [0.1, 0.15) is 6.10 Å². The second kappa shape index (κ2) is 11.1. The lowest BCUT2D eigenvalue weighted by molar-refractivity contribution is -0.257. The van der Waals surface area contributed by atoms with Gasteiger partial charge in [0.05, 0.1) is 12.6 Å². The molecule has 7 heteroatoms. The lowest BCUT2D eigenvalue weighted by Crippen LogP contribution is -2.56. The quantitative estimate of drug-likeness (QED) is 0.415. The molecule has 2 aliphatic rings. The Hall–Kier alpha value is -0.790. The highest BCUT2D eigenvalue weighted by Crippen LogP contribution is 2.32. The summed E-state index contributed by atoms with van der Waals surface area (Å²) in [5, 5.41) is 13.2. The Morgan fingerprint density at radius 3 is 2.62 bits per heavy atom. The molecule has 26 heavy (non-hydrogen) atoms. The third-order valence-electron chi connectivity index (χ3n) is 5.06. The van der Waals surface area contributed by atoms with Crippen molar-refractivity contribution in [1.82, 2.24) is 5.32 Å². The first kappa shape index (κ1) is 21.5. The van der Waals surface area contributed by atoms with Crippen molar-refractivity contribution in [2.75, 3.05) is 12.4 Å². The maximum Gasteiger partial charge on any atom is 0.306 e. The maximum absolute atomic E-state index is 12.1. The number of rotatable bonds is 11. The molecule has 0 aromatic rings. The Labute approximate surface area is 160 Å². The van der Waals surface area contributed by atoms with Gasteiger partial charge in [0.25, 0.3) is 5.24 Å². The summed E-state index contributed by atoms with van der Waals surface area (Å²) < 4.78 is 11.0. The second-order valence-electron chi connectivity index (χ2n) is 7.32. The van der Waals surface area contributed by atoms with Crippen LogP contribution in [0.4, 0.5) is 4.79 Å². The zero-order valence-corrected chi connectivity index (χ0v) is 16.7. The molecule has 1 amide bonds. The van der Waals surface area contributed by atoms with Gasteiger partial charge >= 0.3 is 5.97 Å². The molecule has 0 aromatic heterocycles. The van der Waals surface area contributed by atoms with Gasteiger partial charge in [-0.15, -0.1) is 0 Å². The third-order valence-corrected chi connectivity index (χ3v) is 5.94. The van der Waals surface area contributed by atoms with Crippen LogP contribution in [-0.4, -0.2) is 46.6 Å². The van der Waals surface area contributed by atoms with Crippen LogP contribution in [0.15, 0.2) is 0 Å². The van der Waals surface area contributed by atoms with E-state index in [9.17, 15) is 14.7 Å². The highest BCUT2D eigenvalue weighted by Gasteiger charge is 2.46. The molecule has 0 radical (unpaired) electrons. The molecule has 0 aliphatic carbocycles. The van der Waals surface area contributed by atoms with Crippen LogP contribution in [0.5, 0.6) is 0 Å². The molecular weight excluding hydrogens is 354 g/mol. The highest BCUT2D eigenvalue weighted by atomic mass is 32.2. The van der Waals surface area contributed by atoms with E-state index in [2.05, 4.69) is 12.2 Å². The summed E-state index contributed by atoms with van der Waals surface area (Å²) in [7, 11) is 0. The van der Waals surface area contributed by atoms with Crippen molar-refractivity contribution in [2.45, 2.75) is 95.5 Å². The average Bonchev–Trinajstić information content (AvgIpc) is 3.05. The topological polar surface area (TPSA) is 84.9 Å². The number of amides is 1. The normalized spacial score (nSPS) is 28.8. The zero-order valence-electron chi connectivity index (χ0n) is 15.8. The van der Waals surface area contributed by atoms with Crippen molar-refractivity contribution in [3.05, 3.63) is 0 Å². The minimum atomic E-state index is -1.44. The number of carbonyl (C=O) groups excluding carboxylic acids is 2. The van der Waals surface area contributed by atoms with Crippen LogP contribution in [0.3, 0.4) is 0 Å². The number of thioether (sulfide) groups is 1. The Morgan fingerprint density at radius 2 is 1.96 bits per heavy atom. The Balaban J connectivity index is 1.60. The fourth-order valence-electron chi connectivity index (χ4n) is 3.47. The van der Waals surface area contributed by atoms with E-state index < -0.39 is 11.8 Å². The molecule has 3 unspecified atom stereocenters. The van der Waals surface area contributed by atoms with Gasteiger partial charge in [0.15, 0.2) is 5.79 Å². The molecule has 2 fully saturated rings. The highest BCUT2D eigenvalue weighted by molar-refractivity contribution is 8.14. The van der Waals surface area contributed by atoms with Crippen molar-refractivity contribution in [2.24, 2.45) is 0 Å². The largest absolute Gasteiger partial charge is 0.462 e. The molecule has 6 nitrogen and oxygen atoms in total. The molecule has 0 aromatic carbocycles. The lowest BCUT2D eigenvalue weighted by atomic mass is 9.96. The van der Waals surface area contributed by atoms with Crippen LogP contribution in [0.1, 0.15) is 77.6 Å². The number of unbranched alkanes of at least 4 members (excludes halogenated alkanes) is 7. The van der Waals surface area contributed by atoms with Gasteiger partial charge in [-0.25, -0.2) is 0 Å². The van der Waals surface area contributed by atoms with E-state index in [4.69, 9.17) is 9.47 Å². The third kappa shape index (κ3) is 7.08. The number of hydrogen-bond donors (Lipinski definition) is 2. The first-order chi connectivity index (χ1) is 12.5. The Kier molecular flexibility index (Phi) is 9.22. The molecule has 0 spiro atoms. The van der Waals surface area contributed by atoms with Crippen LogP contribution in [0.2, 0.25) is 0 Å². The summed E-state index contributed by atoms with van der Waals surface area (Å²) in [6.45, 7) is 2.54. The van der Waals surface area contributed by atoms with E-state index in [1.165, 1.54) is 38.5 Å². The first-order valence-electron chi connectivity index (χ1n) is 10.0. The first-order valence-corrected chi connectivity index (χ1v) is 11.0. The van der Waals surface area contributed by atoms with Crippen LogP contribution in [0.25, 0.3) is 0 Å². The Bertz CT molecular complexity index is 461. The van der Waals surface area contributed by atoms with Crippen LogP contribution in [0, 0.1) is 0 Å². The second-order valence-corrected chi connectivity index (χ2v) is 8.31. The average molecular weight is 388 g/mol. The summed E-state index contributed by atoms with van der Waals surface area (Å²) in [4.78, 5) is 23.4. The summed E-state index contributed by atoms with van der Waals surface area (Å²) in [5.41, 5.74) is 0. The van der Waals surface area contributed by atoms with Gasteiger partial charge in [0.2, 0.25) is 0 Å². The van der Waals surface area contributed by atoms with Crippen LogP contribution >= 0.6 is 11.8 Å². The SMILES string of the molecule is CCCCCCCCCCC(=O)OC1CCOC(O)(C2CSC(=O)N2)C1. The number of carbonyl (C=O) groups is 2. The van der Waals surface area contributed by atoms with Gasteiger partial charge < -0.3 is 19.9 Å². The van der Waals surface area contributed by atoms with Gasteiger partial charge in [-0.2, -0.15) is 0 Å². The number of ether oxygens (including phenoxy) is 2. The van der Waals surface area contributed by atoms with E-state index in [-0.39, 0.29) is 23.7 Å². The van der Waals surface area contributed by atoms with Crippen LogP contribution in [-0.2, 0) is 14.3 Å².